The molecule has 1 aromatic heterocycles. The van der Waals surface area contributed by atoms with Gasteiger partial charge < -0.3 is 21.9 Å². The van der Waals surface area contributed by atoms with Crippen LogP contribution in [0.1, 0.15) is 5.56 Å². The summed E-state index contributed by atoms with van der Waals surface area (Å²) in [5.41, 5.74) is 18.3. The molecule has 19 heavy (non-hydrogen) atoms. The topological polar surface area (TPSA) is 100 Å². The number of halogens is 2. The molecule has 7 heteroatoms. The molecule has 0 saturated carbocycles. The number of aromatic nitrogens is 1. The fourth-order valence-electron chi connectivity index (χ4n) is 1.42. The molecule has 0 aliphatic heterocycles. The lowest BCUT2D eigenvalue weighted by molar-refractivity contribution is 0.308. The second-order valence-corrected chi connectivity index (χ2v) is 3.62. The molecule has 0 saturated heterocycles. The number of nitrogen functional groups attached to an aromatic ring is 3. The Morgan fingerprint density at radius 1 is 1.00 bits per heavy atom. The van der Waals surface area contributed by atoms with Gasteiger partial charge >= 0.3 is 0 Å². The highest BCUT2D eigenvalue weighted by molar-refractivity contribution is 5.85. The summed E-state index contributed by atoms with van der Waals surface area (Å²) < 4.78 is 5.56. The minimum absolute atomic E-state index is 0. The zero-order valence-corrected chi connectivity index (χ0v) is 11.7. The zero-order chi connectivity index (χ0) is 12.3. The number of hydrogen-bond donors (Lipinski definition) is 3. The Hall–Kier alpha value is -1.85. The highest BCUT2D eigenvalue weighted by Gasteiger charge is 2.07. The van der Waals surface area contributed by atoms with Crippen LogP contribution in [0.15, 0.2) is 36.4 Å². The van der Waals surface area contributed by atoms with Crippen molar-refractivity contribution in [2.24, 2.45) is 0 Å². The maximum atomic E-state index is 5.75. The van der Waals surface area contributed by atoms with Gasteiger partial charge in [0, 0.05) is 6.07 Å². The summed E-state index contributed by atoms with van der Waals surface area (Å²) in [7, 11) is 0. The maximum absolute atomic E-state index is 5.75. The quantitative estimate of drug-likeness (QED) is 0.807. The lowest BCUT2D eigenvalue weighted by Gasteiger charge is -2.10. The number of hydrogen-bond acceptors (Lipinski definition) is 5. The predicted octanol–water partition coefficient (Wildman–Crippen LogP) is 2.25. The average molecular weight is 303 g/mol. The van der Waals surface area contributed by atoms with E-state index < -0.39 is 0 Å². The Bertz CT molecular complexity index is 523. The number of nitrogens with zero attached hydrogens (tertiary/aromatic N) is 1. The molecule has 0 amide bonds. The van der Waals surface area contributed by atoms with Crippen LogP contribution in [0.2, 0.25) is 0 Å². The van der Waals surface area contributed by atoms with Crippen molar-refractivity contribution in [3.05, 3.63) is 42.0 Å². The second kappa shape index (κ2) is 7.56. The van der Waals surface area contributed by atoms with Crippen LogP contribution in [-0.4, -0.2) is 4.98 Å². The van der Waals surface area contributed by atoms with Crippen LogP contribution in [0.25, 0.3) is 0 Å². The molecule has 0 spiro atoms. The summed E-state index contributed by atoms with van der Waals surface area (Å²) in [4.78, 5) is 3.84. The van der Waals surface area contributed by atoms with E-state index in [0.717, 1.165) is 5.56 Å². The number of nitrogens with two attached hydrogens (primary N) is 3. The fraction of sp³-hybridized carbons (Fsp3) is 0.0833. The van der Waals surface area contributed by atoms with E-state index in [1.807, 2.05) is 30.3 Å². The van der Waals surface area contributed by atoms with Gasteiger partial charge in [0.15, 0.2) is 5.82 Å². The number of anilines is 3. The largest absolute Gasteiger partial charge is 0.486 e. The Morgan fingerprint density at radius 3 is 2.26 bits per heavy atom. The van der Waals surface area contributed by atoms with Gasteiger partial charge in [-0.1, -0.05) is 30.3 Å². The van der Waals surface area contributed by atoms with Crippen molar-refractivity contribution in [2.45, 2.75) is 6.61 Å². The summed E-state index contributed by atoms with van der Waals surface area (Å²) >= 11 is 0. The Labute approximate surface area is 124 Å². The molecule has 1 aromatic carbocycles. The van der Waals surface area contributed by atoms with Crippen LogP contribution >= 0.6 is 24.8 Å². The molecule has 2 aromatic rings. The Kier molecular flexibility index (Phi) is 6.82. The van der Waals surface area contributed by atoms with E-state index in [2.05, 4.69) is 4.98 Å². The highest BCUT2D eigenvalue weighted by Crippen LogP contribution is 2.28. The van der Waals surface area contributed by atoms with E-state index in [0.29, 0.717) is 23.9 Å². The van der Waals surface area contributed by atoms with E-state index in [1.54, 1.807) is 6.07 Å². The first-order valence-electron chi connectivity index (χ1n) is 5.15. The summed E-state index contributed by atoms with van der Waals surface area (Å²) in [5, 5.41) is 0. The van der Waals surface area contributed by atoms with Gasteiger partial charge in [-0.3, -0.25) is 0 Å². The van der Waals surface area contributed by atoms with Crippen molar-refractivity contribution >= 4 is 42.1 Å². The first-order valence-corrected chi connectivity index (χ1v) is 5.15. The van der Waals surface area contributed by atoms with Gasteiger partial charge in [-0.2, -0.15) is 0 Å². The summed E-state index contributed by atoms with van der Waals surface area (Å²) in [6.45, 7) is 0.411. The van der Waals surface area contributed by atoms with E-state index in [-0.39, 0.29) is 30.6 Å². The lowest BCUT2D eigenvalue weighted by atomic mass is 10.2. The number of rotatable bonds is 3. The van der Waals surface area contributed by atoms with Gasteiger partial charge in [0.2, 0.25) is 0 Å². The third-order valence-electron chi connectivity index (χ3n) is 2.31. The first kappa shape index (κ1) is 17.2. The summed E-state index contributed by atoms with van der Waals surface area (Å²) in [5.74, 6) is 0.937. The fourth-order valence-corrected chi connectivity index (χ4v) is 1.42. The van der Waals surface area contributed by atoms with Crippen molar-refractivity contribution in [1.29, 1.82) is 0 Å². The van der Waals surface area contributed by atoms with Gasteiger partial charge in [-0.05, 0) is 5.56 Å². The molecule has 0 bridgehead atoms. The molecular weight excluding hydrogens is 287 g/mol. The van der Waals surface area contributed by atoms with Crippen LogP contribution in [-0.2, 0) is 6.61 Å². The van der Waals surface area contributed by atoms with Crippen LogP contribution in [0.5, 0.6) is 5.75 Å². The number of benzene rings is 1. The van der Waals surface area contributed by atoms with Gasteiger partial charge in [0.05, 0.1) is 0 Å². The molecule has 1 heterocycles. The van der Waals surface area contributed by atoms with Gasteiger partial charge in [0.1, 0.15) is 23.9 Å². The minimum Gasteiger partial charge on any atom is -0.486 e. The maximum Gasteiger partial charge on any atom is 0.152 e. The van der Waals surface area contributed by atoms with Crippen molar-refractivity contribution < 1.29 is 4.74 Å². The van der Waals surface area contributed by atoms with E-state index >= 15 is 0 Å². The average Bonchev–Trinajstić information content (AvgIpc) is 2.33. The second-order valence-electron chi connectivity index (χ2n) is 3.62. The molecule has 0 unspecified atom stereocenters. The molecule has 2 rings (SSSR count). The molecule has 0 atom stereocenters. The zero-order valence-electron chi connectivity index (χ0n) is 10.1. The Morgan fingerprint density at radius 2 is 1.63 bits per heavy atom. The van der Waals surface area contributed by atoms with Gasteiger partial charge in [-0.25, -0.2) is 4.98 Å². The van der Waals surface area contributed by atoms with Crippen molar-refractivity contribution in [1.82, 2.24) is 4.98 Å². The monoisotopic (exact) mass is 302 g/mol. The van der Waals surface area contributed by atoms with Gasteiger partial charge in [0.25, 0.3) is 0 Å². The number of ether oxygens (including phenoxy) is 1. The van der Waals surface area contributed by atoms with Crippen LogP contribution in [0.3, 0.4) is 0 Å². The SMILES string of the molecule is Cl.Cl.Nc1cc(OCc2ccccc2)c(N)c(N)n1. The molecule has 5 nitrogen and oxygen atoms in total. The van der Waals surface area contributed by atoms with Crippen molar-refractivity contribution in [3.8, 4) is 5.75 Å². The third kappa shape index (κ3) is 4.39. The molecule has 0 aliphatic carbocycles. The number of pyridine rings is 1. The first-order chi connectivity index (χ1) is 8.16. The predicted molar refractivity (Wildman–Crippen MR) is 82.7 cm³/mol. The van der Waals surface area contributed by atoms with E-state index in [4.69, 9.17) is 21.9 Å². The standard InChI is InChI=1S/C12H14N4O.2ClH/c13-10-6-9(11(14)12(15)16-10)17-7-8-4-2-1-3-5-8;;/h1-6H,7,14H2,(H4,13,15,16);2*1H. The summed E-state index contributed by atoms with van der Waals surface area (Å²) in [6.07, 6.45) is 0. The Balaban J connectivity index is 0.00000162. The molecule has 0 radical (unpaired) electrons. The van der Waals surface area contributed by atoms with E-state index in [1.165, 1.54) is 0 Å². The highest BCUT2D eigenvalue weighted by atomic mass is 35.5. The third-order valence-corrected chi connectivity index (χ3v) is 2.31. The summed E-state index contributed by atoms with van der Waals surface area (Å²) in [6, 6.07) is 11.3. The smallest absolute Gasteiger partial charge is 0.152 e. The van der Waals surface area contributed by atoms with Gasteiger partial charge in [-0.15, -0.1) is 24.8 Å². The minimum atomic E-state index is 0. The van der Waals surface area contributed by atoms with E-state index in [9.17, 15) is 0 Å². The van der Waals surface area contributed by atoms with Crippen molar-refractivity contribution in [2.75, 3.05) is 17.2 Å². The molecular formula is C12H16Cl2N4O. The normalized spacial score (nSPS) is 9.05. The van der Waals surface area contributed by atoms with Crippen LogP contribution in [0.4, 0.5) is 17.3 Å². The molecule has 0 fully saturated rings. The van der Waals surface area contributed by atoms with Crippen LogP contribution in [0, 0.1) is 0 Å². The lowest BCUT2D eigenvalue weighted by Crippen LogP contribution is -2.05. The molecule has 104 valence electrons. The van der Waals surface area contributed by atoms with Crippen molar-refractivity contribution in [3.63, 3.8) is 0 Å². The molecule has 0 aliphatic rings. The molecule has 6 N–H and O–H groups in total. The van der Waals surface area contributed by atoms with Crippen LogP contribution < -0.4 is 21.9 Å².